The van der Waals surface area contributed by atoms with E-state index in [1.165, 1.54) is 0 Å². The van der Waals surface area contributed by atoms with Gasteiger partial charge in [0, 0.05) is 11.3 Å². The highest BCUT2D eigenvalue weighted by atomic mass is 79.9. The van der Waals surface area contributed by atoms with E-state index in [0.717, 1.165) is 16.8 Å². The molecule has 0 spiro atoms. The first-order valence-corrected chi connectivity index (χ1v) is 6.13. The van der Waals surface area contributed by atoms with Gasteiger partial charge in [-0.1, -0.05) is 30.8 Å². The predicted molar refractivity (Wildman–Crippen MR) is 75.5 cm³/mol. The van der Waals surface area contributed by atoms with Crippen LogP contribution in [0.2, 0.25) is 0 Å². The average molecular weight is 306 g/mol. The van der Waals surface area contributed by atoms with Crippen LogP contribution in [0.1, 0.15) is 21.6 Å². The first-order valence-electron chi connectivity index (χ1n) is 5.34. The minimum absolute atomic E-state index is 0.398. The van der Waals surface area contributed by atoms with Crippen molar-refractivity contribution < 1.29 is 4.79 Å². The highest BCUT2D eigenvalue weighted by molar-refractivity contribution is 9.10. The molecule has 4 nitrogen and oxygen atoms in total. The van der Waals surface area contributed by atoms with Crippen LogP contribution in [0.5, 0.6) is 0 Å². The van der Waals surface area contributed by atoms with E-state index in [4.69, 9.17) is 0 Å². The number of carbonyl (C=O) groups excluding carboxylic acids is 1. The molecular weight excluding hydrogens is 294 g/mol. The normalized spacial score (nSPS) is 10.1. The summed E-state index contributed by atoms with van der Waals surface area (Å²) in [6.45, 7) is 6.00. The number of H-pyrrole nitrogens is 1. The Bertz CT molecular complexity index is 604. The lowest BCUT2D eigenvalue weighted by atomic mass is 10.1. The minimum Gasteiger partial charge on any atom is -0.338 e. The molecule has 0 fully saturated rings. The zero-order valence-corrected chi connectivity index (χ0v) is 11.4. The summed E-state index contributed by atoms with van der Waals surface area (Å²) < 4.78 is 0.604. The number of nitrogens with one attached hydrogen (secondary N) is 2. The molecule has 1 heterocycles. The van der Waals surface area contributed by atoms with Crippen LogP contribution in [0.15, 0.2) is 35.3 Å². The fourth-order valence-corrected chi connectivity index (χ4v) is 1.99. The van der Waals surface area contributed by atoms with Gasteiger partial charge in [-0.2, -0.15) is 5.10 Å². The molecule has 0 bridgehead atoms. The number of aromatic nitrogens is 2. The van der Waals surface area contributed by atoms with Crippen molar-refractivity contribution in [2.45, 2.75) is 6.92 Å². The molecule has 0 unspecified atom stereocenters. The number of aromatic amines is 1. The Morgan fingerprint density at radius 1 is 1.50 bits per heavy atom. The molecule has 0 aliphatic carbocycles. The van der Waals surface area contributed by atoms with Gasteiger partial charge in [0.05, 0.1) is 4.47 Å². The van der Waals surface area contributed by atoms with Crippen LogP contribution in [-0.2, 0) is 0 Å². The maximum atomic E-state index is 10.7. The number of hydrogen-bond acceptors (Lipinski definition) is 3. The largest absolute Gasteiger partial charge is 0.338 e. The van der Waals surface area contributed by atoms with Crippen molar-refractivity contribution in [2.75, 3.05) is 5.32 Å². The van der Waals surface area contributed by atoms with Gasteiger partial charge in [-0.3, -0.25) is 9.89 Å². The molecule has 0 radical (unpaired) electrons. The van der Waals surface area contributed by atoms with Crippen molar-refractivity contribution in [3.8, 4) is 0 Å². The van der Waals surface area contributed by atoms with E-state index >= 15 is 0 Å². The molecule has 1 aromatic heterocycles. The first kappa shape index (κ1) is 12.6. The highest BCUT2D eigenvalue weighted by Crippen LogP contribution is 2.26. The summed E-state index contributed by atoms with van der Waals surface area (Å²) in [5.41, 5.74) is 3.27. The molecule has 0 saturated carbocycles. The van der Waals surface area contributed by atoms with Crippen LogP contribution in [0, 0.1) is 6.92 Å². The van der Waals surface area contributed by atoms with Gasteiger partial charge in [0.15, 0.2) is 12.1 Å². The number of rotatable bonds is 4. The Balaban J connectivity index is 2.24. The van der Waals surface area contributed by atoms with E-state index in [9.17, 15) is 4.79 Å². The molecular formula is C13H12BrN3O. The van der Waals surface area contributed by atoms with Gasteiger partial charge in [-0.25, -0.2) is 0 Å². The lowest BCUT2D eigenvalue weighted by Gasteiger charge is -2.10. The Hall–Kier alpha value is -1.88. The van der Waals surface area contributed by atoms with Crippen LogP contribution < -0.4 is 5.32 Å². The number of anilines is 1. The Kier molecular flexibility index (Phi) is 3.62. The number of hydrogen-bond donors (Lipinski definition) is 2. The highest BCUT2D eigenvalue weighted by Gasteiger charge is 2.11. The molecule has 5 heteroatoms. The lowest BCUT2D eigenvalue weighted by Crippen LogP contribution is -2.00. The summed E-state index contributed by atoms with van der Waals surface area (Å²) in [5, 5.41) is 9.71. The molecule has 92 valence electrons. The topological polar surface area (TPSA) is 57.8 Å². The molecule has 0 aliphatic rings. The lowest BCUT2D eigenvalue weighted by molar-refractivity contribution is 0.111. The van der Waals surface area contributed by atoms with Crippen LogP contribution in [-0.4, -0.2) is 16.5 Å². The van der Waals surface area contributed by atoms with Crippen LogP contribution in [0.25, 0.3) is 5.70 Å². The summed E-state index contributed by atoms with van der Waals surface area (Å²) >= 11 is 3.30. The van der Waals surface area contributed by atoms with Crippen molar-refractivity contribution in [1.82, 2.24) is 10.2 Å². The van der Waals surface area contributed by atoms with Gasteiger partial charge in [-0.05, 0) is 28.4 Å². The molecule has 0 atom stereocenters. The average Bonchev–Trinajstić information content (AvgIpc) is 2.71. The zero-order chi connectivity index (χ0) is 13.1. The Labute approximate surface area is 113 Å². The van der Waals surface area contributed by atoms with E-state index in [1.54, 1.807) is 0 Å². The fourth-order valence-electron chi connectivity index (χ4n) is 1.62. The van der Waals surface area contributed by atoms with Crippen LogP contribution in [0.4, 0.5) is 5.82 Å². The standard InChI is InChI=1S/C13H12BrN3O/c1-8-5-3-4-6-10(8)9(2)15-13-12(14)11(7-18)16-17-13/h3-7H,2H2,1H3,(H2,15,16,17). The second-order valence-corrected chi connectivity index (χ2v) is 4.63. The SMILES string of the molecule is C=C(Nc1n[nH]c(C=O)c1Br)c1ccccc1C. The second-order valence-electron chi connectivity index (χ2n) is 3.84. The van der Waals surface area contributed by atoms with Crippen molar-refractivity contribution >= 4 is 33.7 Å². The van der Waals surface area contributed by atoms with Crippen LogP contribution in [0.3, 0.4) is 0 Å². The smallest absolute Gasteiger partial charge is 0.169 e. The van der Waals surface area contributed by atoms with Crippen LogP contribution >= 0.6 is 15.9 Å². The molecule has 2 aromatic rings. The summed E-state index contributed by atoms with van der Waals surface area (Å²) in [6.07, 6.45) is 0.707. The van der Waals surface area contributed by atoms with E-state index < -0.39 is 0 Å². The summed E-state index contributed by atoms with van der Waals surface area (Å²) in [4.78, 5) is 10.7. The van der Waals surface area contributed by atoms with Crippen molar-refractivity contribution in [2.24, 2.45) is 0 Å². The van der Waals surface area contributed by atoms with Gasteiger partial charge >= 0.3 is 0 Å². The molecule has 0 amide bonds. The van der Waals surface area contributed by atoms with Gasteiger partial charge < -0.3 is 5.32 Å². The Morgan fingerprint density at radius 2 is 2.22 bits per heavy atom. The molecule has 1 aromatic carbocycles. The number of aryl methyl sites for hydroxylation is 1. The molecule has 2 N–H and O–H groups in total. The number of nitrogens with zero attached hydrogens (tertiary/aromatic N) is 1. The van der Waals surface area contributed by atoms with Crippen molar-refractivity contribution in [3.63, 3.8) is 0 Å². The third-order valence-electron chi connectivity index (χ3n) is 2.59. The first-order chi connectivity index (χ1) is 8.63. The van der Waals surface area contributed by atoms with E-state index in [2.05, 4.69) is 38.0 Å². The van der Waals surface area contributed by atoms with Crippen molar-refractivity contribution in [1.29, 1.82) is 0 Å². The van der Waals surface area contributed by atoms with Gasteiger partial charge in [0.25, 0.3) is 0 Å². The van der Waals surface area contributed by atoms with Gasteiger partial charge in [0.2, 0.25) is 0 Å². The van der Waals surface area contributed by atoms with E-state index in [0.29, 0.717) is 22.3 Å². The third kappa shape index (κ3) is 2.36. The third-order valence-corrected chi connectivity index (χ3v) is 3.39. The monoisotopic (exact) mass is 305 g/mol. The summed E-state index contributed by atoms with van der Waals surface area (Å²) in [5.74, 6) is 0.547. The maximum Gasteiger partial charge on any atom is 0.169 e. The number of aldehydes is 1. The minimum atomic E-state index is 0.398. The summed E-state index contributed by atoms with van der Waals surface area (Å²) in [7, 11) is 0. The predicted octanol–water partition coefficient (Wildman–Crippen LogP) is 3.38. The number of benzene rings is 1. The number of halogens is 1. The molecule has 18 heavy (non-hydrogen) atoms. The van der Waals surface area contributed by atoms with E-state index in [-0.39, 0.29) is 0 Å². The van der Waals surface area contributed by atoms with E-state index in [1.807, 2.05) is 31.2 Å². The Morgan fingerprint density at radius 3 is 2.83 bits per heavy atom. The molecule has 2 rings (SSSR count). The number of carbonyl (C=O) groups is 1. The molecule has 0 saturated heterocycles. The molecule has 0 aliphatic heterocycles. The van der Waals surface area contributed by atoms with Gasteiger partial charge in [-0.15, -0.1) is 0 Å². The zero-order valence-electron chi connectivity index (χ0n) is 9.83. The quantitative estimate of drug-likeness (QED) is 0.851. The van der Waals surface area contributed by atoms with Gasteiger partial charge in [0.1, 0.15) is 5.69 Å². The summed E-state index contributed by atoms with van der Waals surface area (Å²) in [6, 6.07) is 7.91. The maximum absolute atomic E-state index is 10.7. The van der Waals surface area contributed by atoms with Crippen molar-refractivity contribution in [3.05, 3.63) is 52.1 Å². The second kappa shape index (κ2) is 5.18. The fraction of sp³-hybridized carbons (Fsp3) is 0.0769.